The normalized spacial score (nSPS) is 15.3. The molecule has 1 saturated heterocycles. The number of methoxy groups -OCH3 is 1. The number of pyridine rings is 1. The van der Waals surface area contributed by atoms with Crippen molar-refractivity contribution < 1.29 is 4.74 Å². The number of rotatable bonds is 4. The number of ether oxygens (including phenoxy) is 1. The highest BCUT2D eigenvalue weighted by molar-refractivity contribution is 5.67. The van der Waals surface area contributed by atoms with Crippen LogP contribution in [0.5, 0.6) is 0 Å². The summed E-state index contributed by atoms with van der Waals surface area (Å²) in [5.41, 5.74) is 8.08. The first-order valence-electron chi connectivity index (χ1n) is 6.39. The lowest BCUT2D eigenvalue weighted by Gasteiger charge is -2.21. The summed E-state index contributed by atoms with van der Waals surface area (Å²) in [7, 11) is 1.63. The van der Waals surface area contributed by atoms with Gasteiger partial charge in [0.05, 0.1) is 12.3 Å². The van der Waals surface area contributed by atoms with Gasteiger partial charge in [0.15, 0.2) is 0 Å². The third kappa shape index (κ3) is 2.36. The van der Waals surface area contributed by atoms with Crippen LogP contribution in [0.2, 0.25) is 0 Å². The minimum Gasteiger partial charge on any atom is -0.393 e. The van der Waals surface area contributed by atoms with Gasteiger partial charge in [-0.1, -0.05) is 0 Å². The van der Waals surface area contributed by atoms with E-state index in [1.807, 2.05) is 13.0 Å². The molecule has 2 heterocycles. The van der Waals surface area contributed by atoms with E-state index in [0.29, 0.717) is 18.8 Å². The second-order valence-electron chi connectivity index (χ2n) is 4.73. The van der Waals surface area contributed by atoms with Crippen LogP contribution < -0.4 is 16.2 Å². The lowest BCUT2D eigenvalue weighted by Crippen LogP contribution is -2.30. The Bertz CT molecular complexity index is 476. The number of nitrogens with two attached hydrogens (primary N) is 1. The minimum absolute atomic E-state index is 0.103. The molecular weight excluding hydrogens is 230 g/mol. The molecule has 0 atom stereocenters. The van der Waals surface area contributed by atoms with Crippen LogP contribution in [0.25, 0.3) is 0 Å². The number of aryl methyl sites for hydroxylation is 1. The van der Waals surface area contributed by atoms with Gasteiger partial charge in [-0.15, -0.1) is 0 Å². The zero-order valence-electron chi connectivity index (χ0n) is 11.1. The van der Waals surface area contributed by atoms with Crippen molar-refractivity contribution in [3.8, 4) is 0 Å². The summed E-state index contributed by atoms with van der Waals surface area (Å²) in [6.45, 7) is 4.99. The highest BCUT2D eigenvalue weighted by Gasteiger charge is 2.18. The molecule has 1 aliphatic rings. The SMILES string of the molecule is COCCn1c(C)cc(N2CCCC2)c(N)c1=O. The Morgan fingerprint density at radius 2 is 2.06 bits per heavy atom. The maximum atomic E-state index is 12.2. The van der Waals surface area contributed by atoms with E-state index in [2.05, 4.69) is 4.90 Å². The molecule has 0 aromatic carbocycles. The second-order valence-corrected chi connectivity index (χ2v) is 4.73. The smallest absolute Gasteiger partial charge is 0.276 e. The molecule has 0 unspecified atom stereocenters. The van der Waals surface area contributed by atoms with Crippen molar-refractivity contribution in [1.29, 1.82) is 0 Å². The molecule has 1 aromatic rings. The van der Waals surface area contributed by atoms with E-state index in [4.69, 9.17) is 10.5 Å². The molecule has 2 N–H and O–H groups in total. The van der Waals surface area contributed by atoms with Gasteiger partial charge in [-0.05, 0) is 25.8 Å². The van der Waals surface area contributed by atoms with Crippen LogP contribution in [-0.4, -0.2) is 31.4 Å². The summed E-state index contributed by atoms with van der Waals surface area (Å²) in [5, 5.41) is 0. The molecule has 1 aliphatic heterocycles. The van der Waals surface area contributed by atoms with Crippen LogP contribution in [0.15, 0.2) is 10.9 Å². The number of anilines is 2. The maximum Gasteiger partial charge on any atom is 0.276 e. The molecule has 5 heteroatoms. The van der Waals surface area contributed by atoms with E-state index in [-0.39, 0.29) is 5.56 Å². The van der Waals surface area contributed by atoms with E-state index in [1.54, 1.807) is 11.7 Å². The van der Waals surface area contributed by atoms with E-state index in [0.717, 1.165) is 24.5 Å². The average molecular weight is 251 g/mol. The summed E-state index contributed by atoms with van der Waals surface area (Å²) >= 11 is 0. The van der Waals surface area contributed by atoms with E-state index < -0.39 is 0 Å². The molecule has 1 fully saturated rings. The number of aromatic nitrogens is 1. The number of nitrogens with zero attached hydrogens (tertiary/aromatic N) is 2. The van der Waals surface area contributed by atoms with Crippen molar-refractivity contribution in [2.45, 2.75) is 26.3 Å². The largest absolute Gasteiger partial charge is 0.393 e. The zero-order valence-corrected chi connectivity index (χ0v) is 11.1. The van der Waals surface area contributed by atoms with E-state index in [1.165, 1.54) is 12.8 Å². The van der Waals surface area contributed by atoms with Gasteiger partial charge in [-0.25, -0.2) is 0 Å². The van der Waals surface area contributed by atoms with Gasteiger partial charge in [-0.2, -0.15) is 0 Å². The fourth-order valence-electron chi connectivity index (χ4n) is 2.45. The molecule has 0 saturated carbocycles. The first-order chi connectivity index (χ1) is 8.65. The van der Waals surface area contributed by atoms with Crippen LogP contribution in [0.3, 0.4) is 0 Å². The molecule has 0 bridgehead atoms. The Hall–Kier alpha value is -1.49. The van der Waals surface area contributed by atoms with Crippen LogP contribution in [0, 0.1) is 6.92 Å². The van der Waals surface area contributed by atoms with Gasteiger partial charge in [-0.3, -0.25) is 4.79 Å². The van der Waals surface area contributed by atoms with Gasteiger partial charge in [0.2, 0.25) is 0 Å². The number of hydrogen-bond acceptors (Lipinski definition) is 4. The highest BCUT2D eigenvalue weighted by Crippen LogP contribution is 2.25. The Morgan fingerprint density at radius 1 is 1.39 bits per heavy atom. The predicted octanol–water partition coefficient (Wildman–Crippen LogP) is 0.986. The maximum absolute atomic E-state index is 12.2. The van der Waals surface area contributed by atoms with Crippen LogP contribution in [0.1, 0.15) is 18.5 Å². The molecule has 2 rings (SSSR count). The molecule has 5 nitrogen and oxygen atoms in total. The Kier molecular flexibility index (Phi) is 3.91. The summed E-state index contributed by atoms with van der Waals surface area (Å²) in [4.78, 5) is 14.4. The second kappa shape index (κ2) is 5.44. The monoisotopic (exact) mass is 251 g/mol. The van der Waals surface area contributed by atoms with Gasteiger partial charge >= 0.3 is 0 Å². The molecule has 100 valence electrons. The van der Waals surface area contributed by atoms with Crippen molar-refractivity contribution in [1.82, 2.24) is 4.57 Å². The quantitative estimate of drug-likeness (QED) is 0.866. The van der Waals surface area contributed by atoms with Crippen molar-refractivity contribution in [2.75, 3.05) is 37.4 Å². The molecule has 1 aromatic heterocycles. The van der Waals surface area contributed by atoms with Gasteiger partial charge in [0, 0.05) is 32.4 Å². The highest BCUT2D eigenvalue weighted by atomic mass is 16.5. The Labute approximate surface area is 107 Å². The Balaban J connectivity index is 2.37. The minimum atomic E-state index is -0.103. The summed E-state index contributed by atoms with van der Waals surface area (Å²) in [5.74, 6) is 0. The Morgan fingerprint density at radius 3 is 2.67 bits per heavy atom. The van der Waals surface area contributed by atoms with Crippen LogP contribution in [-0.2, 0) is 11.3 Å². The average Bonchev–Trinajstić information content (AvgIpc) is 2.87. The first-order valence-corrected chi connectivity index (χ1v) is 6.39. The standard InChI is InChI=1S/C13H21N3O2/c1-10-9-11(15-5-3-4-6-15)12(14)13(17)16(10)7-8-18-2/h9H,3-8,14H2,1-2H3. The fourth-order valence-corrected chi connectivity index (χ4v) is 2.45. The number of nitrogen functional groups attached to an aromatic ring is 1. The lowest BCUT2D eigenvalue weighted by molar-refractivity contribution is 0.185. The van der Waals surface area contributed by atoms with Gasteiger partial charge in [0.1, 0.15) is 5.69 Å². The summed E-state index contributed by atoms with van der Waals surface area (Å²) in [6.07, 6.45) is 2.34. The third-order valence-electron chi connectivity index (χ3n) is 3.49. The molecule has 18 heavy (non-hydrogen) atoms. The predicted molar refractivity (Wildman–Crippen MR) is 73.2 cm³/mol. The van der Waals surface area contributed by atoms with Crippen LogP contribution >= 0.6 is 0 Å². The van der Waals surface area contributed by atoms with Crippen molar-refractivity contribution in [3.05, 3.63) is 22.1 Å². The molecule has 0 amide bonds. The summed E-state index contributed by atoms with van der Waals surface area (Å²) in [6, 6.07) is 2.01. The van der Waals surface area contributed by atoms with E-state index >= 15 is 0 Å². The van der Waals surface area contributed by atoms with Crippen LogP contribution in [0.4, 0.5) is 11.4 Å². The topological polar surface area (TPSA) is 60.5 Å². The molecular formula is C13H21N3O2. The number of hydrogen-bond donors (Lipinski definition) is 1. The van der Waals surface area contributed by atoms with Gasteiger partial charge < -0.3 is 19.9 Å². The molecule has 0 radical (unpaired) electrons. The van der Waals surface area contributed by atoms with Crippen molar-refractivity contribution >= 4 is 11.4 Å². The molecule has 0 spiro atoms. The van der Waals surface area contributed by atoms with Crippen molar-refractivity contribution in [2.24, 2.45) is 0 Å². The fraction of sp³-hybridized carbons (Fsp3) is 0.615. The third-order valence-corrected chi connectivity index (χ3v) is 3.49. The zero-order chi connectivity index (χ0) is 13.1. The first kappa shape index (κ1) is 13.0. The molecule has 0 aliphatic carbocycles. The van der Waals surface area contributed by atoms with Gasteiger partial charge in [0.25, 0.3) is 5.56 Å². The van der Waals surface area contributed by atoms with E-state index in [9.17, 15) is 4.79 Å². The summed E-state index contributed by atoms with van der Waals surface area (Å²) < 4.78 is 6.69. The van der Waals surface area contributed by atoms with Crippen molar-refractivity contribution in [3.63, 3.8) is 0 Å². The lowest BCUT2D eigenvalue weighted by atomic mass is 10.2.